The van der Waals surface area contributed by atoms with E-state index >= 15 is 0 Å². The van der Waals surface area contributed by atoms with Crippen LogP contribution in [0.3, 0.4) is 0 Å². The Labute approximate surface area is 113 Å². The lowest BCUT2D eigenvalue weighted by atomic mass is 9.67. The van der Waals surface area contributed by atoms with E-state index in [1.807, 2.05) is 18.2 Å². The van der Waals surface area contributed by atoms with Crippen LogP contribution in [0, 0.1) is 5.92 Å². The summed E-state index contributed by atoms with van der Waals surface area (Å²) >= 11 is 6.33. The molecule has 1 saturated heterocycles. The van der Waals surface area contributed by atoms with Crippen LogP contribution in [0.5, 0.6) is 0 Å². The van der Waals surface area contributed by atoms with E-state index in [9.17, 15) is 5.11 Å². The summed E-state index contributed by atoms with van der Waals surface area (Å²) in [5.74, 6) is 0.361. The normalized spacial score (nSPS) is 36.1. The highest BCUT2D eigenvalue weighted by atomic mass is 35.5. The highest BCUT2D eigenvalue weighted by molar-refractivity contribution is 6.31. The molecule has 0 unspecified atom stereocenters. The molecule has 1 aliphatic heterocycles. The van der Waals surface area contributed by atoms with Crippen LogP contribution in [-0.4, -0.2) is 17.3 Å². The summed E-state index contributed by atoms with van der Waals surface area (Å²) in [6, 6.07) is 8.43. The lowest BCUT2D eigenvalue weighted by Gasteiger charge is -2.46. The Bertz CT molecular complexity index is 432. The number of nitrogens with two attached hydrogens (primary N) is 1. The minimum Gasteiger partial charge on any atom is -0.389 e. The number of hydrogen-bond acceptors (Lipinski definition) is 1. The topological polar surface area (TPSA) is 36.8 Å². The molecule has 3 heteroatoms. The second-order valence-electron chi connectivity index (χ2n) is 5.78. The fourth-order valence-electron chi connectivity index (χ4n) is 3.84. The van der Waals surface area contributed by atoms with E-state index in [2.05, 4.69) is 11.4 Å². The van der Waals surface area contributed by atoms with Gasteiger partial charge in [-0.1, -0.05) is 42.6 Å². The number of hydrogen-bond donors (Lipinski definition) is 2. The predicted octanol–water partition coefficient (Wildman–Crippen LogP) is 2.27. The molecular formula is C15H21ClNO+. The number of halogens is 1. The van der Waals surface area contributed by atoms with Crippen LogP contribution in [0.1, 0.15) is 43.7 Å². The number of aliphatic hydroxyl groups is 1. The Kier molecular flexibility index (Phi) is 3.35. The highest BCUT2D eigenvalue weighted by Gasteiger charge is 2.48. The van der Waals surface area contributed by atoms with Crippen molar-refractivity contribution in [2.24, 2.45) is 5.92 Å². The Morgan fingerprint density at radius 3 is 2.89 bits per heavy atom. The summed E-state index contributed by atoms with van der Waals surface area (Å²) < 4.78 is 0. The maximum atomic E-state index is 10.9. The number of piperidine rings is 1. The van der Waals surface area contributed by atoms with E-state index in [1.165, 1.54) is 18.4 Å². The van der Waals surface area contributed by atoms with Gasteiger partial charge in [0.2, 0.25) is 0 Å². The third kappa shape index (κ3) is 2.07. The minimum absolute atomic E-state index is 0.331. The van der Waals surface area contributed by atoms with Crippen LogP contribution < -0.4 is 5.32 Å². The van der Waals surface area contributed by atoms with E-state index < -0.39 is 5.60 Å². The third-order valence-corrected chi connectivity index (χ3v) is 5.10. The van der Waals surface area contributed by atoms with Crippen molar-refractivity contribution in [3.05, 3.63) is 34.9 Å². The molecule has 0 amide bonds. The van der Waals surface area contributed by atoms with E-state index in [4.69, 9.17) is 11.6 Å². The first-order chi connectivity index (χ1) is 8.71. The summed E-state index contributed by atoms with van der Waals surface area (Å²) in [7, 11) is 0. The number of benzene rings is 1. The monoisotopic (exact) mass is 266 g/mol. The molecule has 1 aliphatic carbocycles. The second kappa shape index (κ2) is 4.84. The zero-order valence-corrected chi connectivity index (χ0v) is 11.4. The van der Waals surface area contributed by atoms with Gasteiger partial charge in [0.05, 0.1) is 12.1 Å². The van der Waals surface area contributed by atoms with Crippen molar-refractivity contribution in [2.75, 3.05) is 6.54 Å². The highest BCUT2D eigenvalue weighted by Crippen LogP contribution is 2.44. The summed E-state index contributed by atoms with van der Waals surface area (Å²) in [5, 5.41) is 14.1. The van der Waals surface area contributed by atoms with Crippen molar-refractivity contribution >= 4 is 11.6 Å². The first kappa shape index (κ1) is 12.5. The molecule has 3 rings (SSSR count). The van der Waals surface area contributed by atoms with Crippen molar-refractivity contribution < 1.29 is 10.4 Å². The van der Waals surface area contributed by atoms with Gasteiger partial charge in [0.1, 0.15) is 6.04 Å². The van der Waals surface area contributed by atoms with Crippen LogP contribution >= 0.6 is 11.6 Å². The van der Waals surface area contributed by atoms with Gasteiger partial charge >= 0.3 is 0 Å². The average molecular weight is 267 g/mol. The summed E-state index contributed by atoms with van der Waals surface area (Å²) in [6.07, 6.45) is 5.43. The lowest BCUT2D eigenvalue weighted by Crippen LogP contribution is -2.91. The van der Waals surface area contributed by atoms with Gasteiger partial charge in [0.25, 0.3) is 0 Å². The molecule has 2 aliphatic rings. The van der Waals surface area contributed by atoms with Gasteiger partial charge in [-0.2, -0.15) is 0 Å². The Hall–Kier alpha value is -0.570. The molecular weight excluding hydrogens is 246 g/mol. The van der Waals surface area contributed by atoms with Crippen molar-refractivity contribution in [3.8, 4) is 0 Å². The van der Waals surface area contributed by atoms with Crippen LogP contribution in [0.4, 0.5) is 0 Å². The first-order valence-electron chi connectivity index (χ1n) is 7.01. The van der Waals surface area contributed by atoms with E-state index in [0.717, 1.165) is 30.8 Å². The predicted molar refractivity (Wildman–Crippen MR) is 72.5 cm³/mol. The molecule has 2 fully saturated rings. The molecule has 0 spiro atoms. The molecule has 98 valence electrons. The van der Waals surface area contributed by atoms with E-state index in [-0.39, 0.29) is 0 Å². The molecule has 0 aromatic heterocycles. The Balaban J connectivity index is 1.94. The van der Waals surface area contributed by atoms with Gasteiger partial charge in [0, 0.05) is 22.9 Å². The van der Waals surface area contributed by atoms with Crippen LogP contribution in [-0.2, 0) is 0 Å². The van der Waals surface area contributed by atoms with Gasteiger partial charge in [-0.05, 0) is 18.9 Å². The first-order valence-corrected chi connectivity index (χ1v) is 7.39. The third-order valence-electron chi connectivity index (χ3n) is 4.76. The van der Waals surface area contributed by atoms with Crippen molar-refractivity contribution in [1.82, 2.24) is 0 Å². The summed E-state index contributed by atoms with van der Waals surface area (Å²) in [5.41, 5.74) is 0.751. The van der Waals surface area contributed by atoms with Crippen molar-refractivity contribution in [3.63, 3.8) is 0 Å². The number of fused-ring (bicyclic) bond motifs is 1. The zero-order valence-electron chi connectivity index (χ0n) is 10.6. The standard InChI is InChI=1S/C15H20ClNO/c16-13-7-2-1-5-11(13)14-12-6-3-4-8-15(12,18)9-10-17-14/h1-2,5,7,12,14,17-18H,3-4,6,8-10H2/p+1/t12-,14-,15-/m0/s1. The molecule has 18 heavy (non-hydrogen) atoms. The molecule has 2 nitrogen and oxygen atoms in total. The van der Waals surface area contributed by atoms with Crippen LogP contribution in [0.2, 0.25) is 5.02 Å². The van der Waals surface area contributed by atoms with Gasteiger partial charge in [0.15, 0.2) is 0 Å². The van der Waals surface area contributed by atoms with Gasteiger partial charge < -0.3 is 10.4 Å². The fraction of sp³-hybridized carbons (Fsp3) is 0.600. The van der Waals surface area contributed by atoms with Gasteiger partial charge in [-0.3, -0.25) is 0 Å². The molecule has 3 N–H and O–H groups in total. The van der Waals surface area contributed by atoms with Crippen LogP contribution in [0.25, 0.3) is 0 Å². The van der Waals surface area contributed by atoms with Crippen LogP contribution in [0.15, 0.2) is 24.3 Å². The van der Waals surface area contributed by atoms with Gasteiger partial charge in [-0.25, -0.2) is 0 Å². The fourth-order valence-corrected chi connectivity index (χ4v) is 4.10. The molecule has 3 atom stereocenters. The van der Waals surface area contributed by atoms with E-state index in [0.29, 0.717) is 12.0 Å². The molecule has 1 aromatic rings. The second-order valence-corrected chi connectivity index (χ2v) is 6.18. The summed E-state index contributed by atoms with van der Waals surface area (Å²) in [4.78, 5) is 0. The minimum atomic E-state index is -0.448. The average Bonchev–Trinajstić information content (AvgIpc) is 2.38. The molecule has 0 bridgehead atoms. The molecule has 1 aromatic carbocycles. The molecule has 1 saturated carbocycles. The summed E-state index contributed by atoms with van der Waals surface area (Å²) in [6.45, 7) is 1.00. The maximum Gasteiger partial charge on any atom is 0.119 e. The Morgan fingerprint density at radius 1 is 1.22 bits per heavy atom. The Morgan fingerprint density at radius 2 is 2.06 bits per heavy atom. The van der Waals surface area contributed by atoms with Crippen molar-refractivity contribution in [1.29, 1.82) is 0 Å². The smallest absolute Gasteiger partial charge is 0.119 e. The zero-order chi connectivity index (χ0) is 12.6. The van der Waals surface area contributed by atoms with E-state index in [1.54, 1.807) is 0 Å². The van der Waals surface area contributed by atoms with Gasteiger partial charge in [-0.15, -0.1) is 0 Å². The maximum absolute atomic E-state index is 10.9. The van der Waals surface area contributed by atoms with Crippen molar-refractivity contribution in [2.45, 2.75) is 43.7 Å². The SMILES string of the molecule is O[C@]12CCCC[C@H]1[C@H](c1ccccc1Cl)[NH2+]CC2. The molecule has 0 radical (unpaired) electrons. The molecule has 1 heterocycles. The largest absolute Gasteiger partial charge is 0.389 e. The number of rotatable bonds is 1. The number of quaternary nitrogens is 1. The quantitative estimate of drug-likeness (QED) is 0.804. The lowest BCUT2D eigenvalue weighted by molar-refractivity contribution is -0.719.